The molecule has 0 aromatic carbocycles. The molecule has 0 spiro atoms. The Hall–Kier alpha value is -2.20. The number of imidazole rings is 1. The van der Waals surface area contributed by atoms with Crippen molar-refractivity contribution in [1.29, 1.82) is 0 Å². The van der Waals surface area contributed by atoms with Crippen molar-refractivity contribution in [1.82, 2.24) is 24.1 Å². The van der Waals surface area contributed by atoms with Crippen LogP contribution in [0.3, 0.4) is 0 Å². The van der Waals surface area contributed by atoms with Gasteiger partial charge in [0.15, 0.2) is 5.03 Å². The van der Waals surface area contributed by atoms with E-state index >= 15 is 0 Å². The number of nitrogens with two attached hydrogens (primary N) is 1. The van der Waals surface area contributed by atoms with E-state index in [2.05, 4.69) is 15.2 Å². The fourth-order valence-electron chi connectivity index (χ4n) is 2.73. The van der Waals surface area contributed by atoms with Gasteiger partial charge in [0.25, 0.3) is 15.9 Å². The third kappa shape index (κ3) is 2.99. The number of primary amides is 1. The molecule has 23 heavy (non-hydrogen) atoms. The van der Waals surface area contributed by atoms with Gasteiger partial charge < -0.3 is 10.3 Å². The topological polar surface area (TPSA) is 127 Å². The summed E-state index contributed by atoms with van der Waals surface area (Å²) in [6.45, 7) is 0.795. The summed E-state index contributed by atoms with van der Waals surface area (Å²) in [5.41, 5.74) is 6.20. The highest BCUT2D eigenvalue weighted by atomic mass is 32.2. The van der Waals surface area contributed by atoms with E-state index in [4.69, 9.17) is 5.73 Å². The van der Waals surface area contributed by atoms with Gasteiger partial charge >= 0.3 is 0 Å². The Morgan fingerprint density at radius 3 is 2.61 bits per heavy atom. The van der Waals surface area contributed by atoms with E-state index in [0.717, 1.165) is 5.69 Å². The highest BCUT2D eigenvalue weighted by Gasteiger charge is 2.32. The Morgan fingerprint density at radius 1 is 1.39 bits per heavy atom. The van der Waals surface area contributed by atoms with Gasteiger partial charge in [0, 0.05) is 37.9 Å². The quantitative estimate of drug-likeness (QED) is 0.799. The average Bonchev–Trinajstić information content (AvgIpc) is 3.16. The molecular formula is C13H18N6O3S. The van der Waals surface area contributed by atoms with Crippen LogP contribution in [0, 0.1) is 0 Å². The van der Waals surface area contributed by atoms with Gasteiger partial charge in [-0.3, -0.25) is 9.89 Å². The zero-order valence-electron chi connectivity index (χ0n) is 12.6. The van der Waals surface area contributed by atoms with E-state index in [1.165, 1.54) is 16.8 Å². The predicted molar refractivity (Wildman–Crippen MR) is 81.0 cm³/mol. The summed E-state index contributed by atoms with van der Waals surface area (Å²) in [5, 5.41) is 6.74. The number of carbonyl (C=O) groups is 1. The second-order valence-electron chi connectivity index (χ2n) is 5.63. The van der Waals surface area contributed by atoms with Crippen LogP contribution in [-0.4, -0.2) is 51.5 Å². The summed E-state index contributed by atoms with van der Waals surface area (Å²) in [5.74, 6) is -0.451. The van der Waals surface area contributed by atoms with E-state index in [0.29, 0.717) is 25.9 Å². The standard InChI is InChI=1S/C13H18N6O3S/c1-18-7-12(15-8-18)23(21,22)19-4-2-9(3-5-19)10-6-11(13(14)20)17-16-10/h6-9H,2-5H2,1H3,(H2,14,20)(H,16,17). The molecular weight excluding hydrogens is 320 g/mol. The molecule has 2 aromatic heterocycles. The molecule has 3 N–H and O–H groups in total. The van der Waals surface area contributed by atoms with Crippen LogP contribution < -0.4 is 5.73 Å². The van der Waals surface area contributed by atoms with E-state index in [1.807, 2.05) is 0 Å². The number of nitrogens with zero attached hydrogens (tertiary/aromatic N) is 4. The number of aromatic nitrogens is 4. The third-order valence-electron chi connectivity index (χ3n) is 4.03. The number of rotatable bonds is 4. The third-order valence-corrected chi connectivity index (χ3v) is 5.81. The zero-order chi connectivity index (χ0) is 16.6. The maximum absolute atomic E-state index is 12.5. The number of amides is 1. The SMILES string of the molecule is Cn1cnc(S(=O)(=O)N2CCC(c3cc(C(N)=O)n[nH]3)CC2)c1. The largest absolute Gasteiger partial charge is 0.364 e. The predicted octanol–water partition coefficient (Wildman–Crippen LogP) is -0.190. The average molecular weight is 338 g/mol. The first-order chi connectivity index (χ1) is 10.9. The van der Waals surface area contributed by atoms with E-state index in [9.17, 15) is 13.2 Å². The summed E-state index contributed by atoms with van der Waals surface area (Å²) in [4.78, 5) is 15.0. The molecule has 1 aliphatic rings. The summed E-state index contributed by atoms with van der Waals surface area (Å²) in [6, 6.07) is 1.63. The van der Waals surface area contributed by atoms with E-state index in [1.54, 1.807) is 17.7 Å². The maximum atomic E-state index is 12.5. The summed E-state index contributed by atoms with van der Waals surface area (Å²) < 4.78 is 28.1. The van der Waals surface area contributed by atoms with Crippen LogP contribution in [0.5, 0.6) is 0 Å². The lowest BCUT2D eigenvalue weighted by Crippen LogP contribution is -2.38. The fourth-order valence-corrected chi connectivity index (χ4v) is 4.17. The second-order valence-corrected chi connectivity index (χ2v) is 7.51. The van der Waals surface area contributed by atoms with Gasteiger partial charge in [-0.1, -0.05) is 0 Å². The molecule has 0 unspecified atom stereocenters. The molecule has 1 fully saturated rings. The van der Waals surface area contributed by atoms with Crippen molar-refractivity contribution < 1.29 is 13.2 Å². The minimum atomic E-state index is -3.55. The lowest BCUT2D eigenvalue weighted by molar-refractivity contribution is 0.0995. The van der Waals surface area contributed by atoms with Crippen molar-refractivity contribution >= 4 is 15.9 Å². The molecule has 3 heterocycles. The number of H-pyrrole nitrogens is 1. The van der Waals surface area contributed by atoms with Crippen LogP contribution in [0.4, 0.5) is 0 Å². The molecule has 10 heteroatoms. The van der Waals surface area contributed by atoms with Crippen LogP contribution in [0.15, 0.2) is 23.6 Å². The number of carbonyl (C=O) groups excluding carboxylic acids is 1. The normalized spacial score (nSPS) is 17.4. The van der Waals surface area contributed by atoms with Crippen LogP contribution >= 0.6 is 0 Å². The molecule has 0 atom stereocenters. The molecule has 2 aromatic rings. The maximum Gasteiger partial charge on any atom is 0.269 e. The summed E-state index contributed by atoms with van der Waals surface area (Å²) >= 11 is 0. The summed E-state index contributed by atoms with van der Waals surface area (Å²) in [6.07, 6.45) is 4.25. The highest BCUT2D eigenvalue weighted by Crippen LogP contribution is 2.29. The van der Waals surface area contributed by atoms with Gasteiger partial charge in [-0.2, -0.15) is 9.40 Å². The lowest BCUT2D eigenvalue weighted by Gasteiger charge is -2.29. The Morgan fingerprint density at radius 2 is 2.09 bits per heavy atom. The minimum Gasteiger partial charge on any atom is -0.364 e. The molecule has 9 nitrogen and oxygen atoms in total. The first-order valence-corrected chi connectivity index (χ1v) is 8.65. The number of aromatic amines is 1. The lowest BCUT2D eigenvalue weighted by atomic mass is 9.94. The highest BCUT2D eigenvalue weighted by molar-refractivity contribution is 7.89. The molecule has 0 bridgehead atoms. The van der Waals surface area contributed by atoms with Gasteiger partial charge in [0.1, 0.15) is 5.69 Å². The number of sulfonamides is 1. The molecule has 0 radical (unpaired) electrons. The first kappa shape index (κ1) is 15.7. The number of nitrogens with one attached hydrogen (secondary N) is 1. The first-order valence-electron chi connectivity index (χ1n) is 7.21. The smallest absolute Gasteiger partial charge is 0.269 e. The molecule has 1 saturated heterocycles. The molecule has 3 rings (SSSR count). The van der Waals surface area contributed by atoms with Gasteiger partial charge in [-0.05, 0) is 18.9 Å². The molecule has 1 aliphatic heterocycles. The fraction of sp³-hybridized carbons (Fsp3) is 0.462. The van der Waals surface area contributed by atoms with Crippen molar-refractivity contribution in [3.05, 3.63) is 30.0 Å². The van der Waals surface area contributed by atoms with E-state index in [-0.39, 0.29) is 16.6 Å². The molecule has 1 amide bonds. The summed E-state index contributed by atoms with van der Waals surface area (Å²) in [7, 11) is -1.82. The van der Waals surface area contributed by atoms with Crippen molar-refractivity contribution in [3.8, 4) is 0 Å². The van der Waals surface area contributed by atoms with Crippen molar-refractivity contribution in [2.45, 2.75) is 23.8 Å². The molecule has 124 valence electrons. The van der Waals surface area contributed by atoms with Gasteiger partial charge in [0.2, 0.25) is 0 Å². The number of aryl methyl sites for hydroxylation is 1. The van der Waals surface area contributed by atoms with Crippen LogP contribution in [0.25, 0.3) is 0 Å². The minimum absolute atomic E-state index is 0.0657. The zero-order valence-corrected chi connectivity index (χ0v) is 13.5. The Labute approximate surface area is 133 Å². The number of piperidine rings is 1. The van der Waals surface area contributed by atoms with Crippen LogP contribution in [0.2, 0.25) is 0 Å². The van der Waals surface area contributed by atoms with Gasteiger partial charge in [-0.15, -0.1) is 0 Å². The number of hydrogen-bond acceptors (Lipinski definition) is 5. The second kappa shape index (κ2) is 5.78. The van der Waals surface area contributed by atoms with Gasteiger partial charge in [0.05, 0.1) is 6.33 Å². The van der Waals surface area contributed by atoms with Crippen molar-refractivity contribution in [3.63, 3.8) is 0 Å². The Bertz CT molecular complexity index is 816. The van der Waals surface area contributed by atoms with Crippen LogP contribution in [0.1, 0.15) is 34.9 Å². The molecule has 0 aliphatic carbocycles. The number of hydrogen-bond donors (Lipinski definition) is 2. The van der Waals surface area contributed by atoms with E-state index < -0.39 is 15.9 Å². The Kier molecular flexibility index (Phi) is 3.94. The molecule has 0 saturated carbocycles. The van der Waals surface area contributed by atoms with Gasteiger partial charge in [-0.25, -0.2) is 13.4 Å². The Balaban J connectivity index is 1.69. The van der Waals surface area contributed by atoms with Crippen molar-refractivity contribution in [2.24, 2.45) is 12.8 Å². The van der Waals surface area contributed by atoms with Crippen molar-refractivity contribution in [2.75, 3.05) is 13.1 Å². The monoisotopic (exact) mass is 338 g/mol. The van der Waals surface area contributed by atoms with Crippen LogP contribution in [-0.2, 0) is 17.1 Å².